The third-order valence-corrected chi connectivity index (χ3v) is 7.36. The number of rotatable bonds is 8. The van der Waals surface area contributed by atoms with Crippen molar-refractivity contribution < 1.29 is 28.0 Å². The van der Waals surface area contributed by atoms with Crippen molar-refractivity contribution in [3.63, 3.8) is 0 Å². The second-order valence-electron chi connectivity index (χ2n) is 11.9. The predicted octanol–water partition coefficient (Wildman–Crippen LogP) is 7.09. The molecule has 0 radical (unpaired) electrons. The van der Waals surface area contributed by atoms with Gasteiger partial charge in [-0.1, -0.05) is 48.5 Å². The molecule has 9 nitrogen and oxygen atoms in total. The summed E-state index contributed by atoms with van der Waals surface area (Å²) >= 11 is 0. The summed E-state index contributed by atoms with van der Waals surface area (Å²) in [5.41, 5.74) is 4.06. The molecule has 236 valence electrons. The first kappa shape index (κ1) is 32.0. The Kier molecular flexibility index (Phi) is 9.27. The standard InChI is InChI=1S/C36H35FN4O5/c1-6-21-8-11-24(12-9-21)23(7-2)20-28-31(42)30(39-33(28)43)19-22-10-17-27(29(37)18-22)32-40-34(46-41-32)25-13-15-26(16-14-25)38-35(44)45-36(3,4)5/h7-18,20,30H,6,19H2,1-5H3,(H,38,44)(H,39,43)/b23-7+,28-20?. The first-order chi connectivity index (χ1) is 21.9. The fourth-order valence-electron chi connectivity index (χ4n) is 4.97. The molecule has 10 heteroatoms. The summed E-state index contributed by atoms with van der Waals surface area (Å²) in [5.74, 6) is -1.17. The van der Waals surface area contributed by atoms with Crippen LogP contribution in [0.1, 0.15) is 51.3 Å². The lowest BCUT2D eigenvalue weighted by atomic mass is 9.97. The summed E-state index contributed by atoms with van der Waals surface area (Å²) in [4.78, 5) is 42.3. The lowest BCUT2D eigenvalue weighted by Crippen LogP contribution is -2.31. The molecule has 0 aliphatic carbocycles. The normalized spacial score (nSPS) is 16.1. The third kappa shape index (κ3) is 7.46. The predicted molar refractivity (Wildman–Crippen MR) is 173 cm³/mol. The third-order valence-electron chi connectivity index (χ3n) is 7.36. The van der Waals surface area contributed by atoms with E-state index in [2.05, 4.69) is 27.7 Å². The molecule has 2 amide bonds. The number of halogens is 1. The molecule has 1 atom stereocenters. The molecule has 1 unspecified atom stereocenters. The van der Waals surface area contributed by atoms with Gasteiger partial charge in [-0.25, -0.2) is 9.18 Å². The van der Waals surface area contributed by atoms with Gasteiger partial charge in [0.1, 0.15) is 11.4 Å². The number of aryl methyl sites for hydroxylation is 1. The van der Waals surface area contributed by atoms with Crippen LogP contribution in [-0.2, 0) is 27.2 Å². The van der Waals surface area contributed by atoms with Crippen LogP contribution in [0.5, 0.6) is 0 Å². The van der Waals surface area contributed by atoms with Crippen LogP contribution in [-0.4, -0.2) is 39.6 Å². The number of allylic oxidation sites excluding steroid dienone is 3. The van der Waals surface area contributed by atoms with Crippen LogP contribution in [0.2, 0.25) is 0 Å². The molecule has 2 N–H and O–H groups in total. The summed E-state index contributed by atoms with van der Waals surface area (Å²) < 4.78 is 25.9. The number of hydrogen-bond acceptors (Lipinski definition) is 7. The minimum atomic E-state index is -0.811. The number of nitrogens with one attached hydrogen (secondary N) is 2. The van der Waals surface area contributed by atoms with E-state index in [0.29, 0.717) is 16.8 Å². The smallest absolute Gasteiger partial charge is 0.412 e. The number of nitrogens with zero attached hydrogens (tertiary/aromatic N) is 2. The second-order valence-corrected chi connectivity index (χ2v) is 11.9. The Labute approximate surface area is 266 Å². The largest absolute Gasteiger partial charge is 0.444 e. The van der Waals surface area contributed by atoms with Crippen molar-refractivity contribution in [1.82, 2.24) is 15.5 Å². The molecule has 4 aromatic rings. The zero-order valence-electron chi connectivity index (χ0n) is 26.3. The van der Waals surface area contributed by atoms with E-state index in [-0.39, 0.29) is 35.1 Å². The molecular weight excluding hydrogens is 587 g/mol. The molecule has 3 aromatic carbocycles. The van der Waals surface area contributed by atoms with Crippen LogP contribution >= 0.6 is 0 Å². The van der Waals surface area contributed by atoms with Crippen molar-refractivity contribution in [2.45, 2.75) is 59.1 Å². The van der Waals surface area contributed by atoms with Gasteiger partial charge < -0.3 is 14.6 Å². The van der Waals surface area contributed by atoms with Crippen molar-refractivity contribution in [1.29, 1.82) is 0 Å². The van der Waals surface area contributed by atoms with Gasteiger partial charge in [0, 0.05) is 17.7 Å². The van der Waals surface area contributed by atoms with E-state index in [4.69, 9.17) is 9.26 Å². The van der Waals surface area contributed by atoms with Crippen LogP contribution in [0.25, 0.3) is 28.4 Å². The average molecular weight is 623 g/mol. The molecule has 1 fully saturated rings. The van der Waals surface area contributed by atoms with Crippen molar-refractivity contribution in [3.05, 3.63) is 107 Å². The van der Waals surface area contributed by atoms with Gasteiger partial charge in [0.05, 0.1) is 17.2 Å². The van der Waals surface area contributed by atoms with Crippen molar-refractivity contribution in [2.75, 3.05) is 5.32 Å². The van der Waals surface area contributed by atoms with Gasteiger partial charge in [-0.2, -0.15) is 4.98 Å². The quantitative estimate of drug-likeness (QED) is 0.159. The molecule has 0 spiro atoms. The van der Waals surface area contributed by atoms with Crippen molar-refractivity contribution in [2.24, 2.45) is 0 Å². The Morgan fingerprint density at radius 1 is 1.04 bits per heavy atom. The fraction of sp³-hybridized carbons (Fsp3) is 0.250. The number of hydrogen-bond donors (Lipinski definition) is 2. The monoisotopic (exact) mass is 622 g/mol. The van der Waals surface area contributed by atoms with Crippen LogP contribution in [0, 0.1) is 5.82 Å². The molecule has 1 aliphatic heterocycles. The molecule has 1 aromatic heterocycles. The molecule has 0 bridgehead atoms. The van der Waals surface area contributed by atoms with Gasteiger partial charge >= 0.3 is 6.09 Å². The number of Topliss-reactive ketones (excluding diaryl/α,β-unsaturated/α-hetero) is 1. The zero-order valence-corrected chi connectivity index (χ0v) is 26.3. The van der Waals surface area contributed by atoms with Gasteiger partial charge in [-0.05, 0) is 98.9 Å². The number of ketones is 1. The van der Waals surface area contributed by atoms with Crippen LogP contribution in [0.4, 0.5) is 14.9 Å². The Morgan fingerprint density at radius 2 is 1.74 bits per heavy atom. The van der Waals surface area contributed by atoms with Crippen molar-refractivity contribution >= 4 is 29.0 Å². The van der Waals surface area contributed by atoms with Crippen LogP contribution < -0.4 is 10.6 Å². The fourth-order valence-corrected chi connectivity index (χ4v) is 4.97. The number of ether oxygens (including phenoxy) is 1. The van der Waals surface area contributed by atoms with E-state index in [1.54, 1.807) is 57.2 Å². The van der Waals surface area contributed by atoms with Crippen LogP contribution in [0.3, 0.4) is 0 Å². The van der Waals surface area contributed by atoms with E-state index in [0.717, 1.165) is 17.6 Å². The van der Waals surface area contributed by atoms with E-state index >= 15 is 4.39 Å². The van der Waals surface area contributed by atoms with Gasteiger partial charge in [-0.3, -0.25) is 14.9 Å². The number of benzene rings is 3. The summed E-state index contributed by atoms with van der Waals surface area (Å²) in [5, 5.41) is 9.31. The lowest BCUT2D eigenvalue weighted by molar-refractivity contribution is -0.117. The molecular formula is C36H35FN4O5. The molecule has 1 saturated heterocycles. The van der Waals surface area contributed by atoms with Gasteiger partial charge in [0.2, 0.25) is 5.82 Å². The van der Waals surface area contributed by atoms with E-state index in [9.17, 15) is 14.4 Å². The highest BCUT2D eigenvalue weighted by Crippen LogP contribution is 2.28. The lowest BCUT2D eigenvalue weighted by Gasteiger charge is -2.19. The molecule has 46 heavy (non-hydrogen) atoms. The van der Waals surface area contributed by atoms with Gasteiger partial charge in [-0.15, -0.1) is 0 Å². The highest BCUT2D eigenvalue weighted by molar-refractivity contribution is 6.27. The average Bonchev–Trinajstić information content (AvgIpc) is 3.60. The number of carbonyl (C=O) groups excluding carboxylic acids is 3. The Hall–Kier alpha value is -5.38. The molecule has 0 saturated carbocycles. The Bertz CT molecular complexity index is 1830. The zero-order chi connectivity index (χ0) is 33.0. The summed E-state index contributed by atoms with van der Waals surface area (Å²) in [6.07, 6.45) is 3.93. The number of carbonyl (C=O) groups is 3. The maximum atomic E-state index is 15.3. The maximum Gasteiger partial charge on any atom is 0.412 e. The molecule has 5 rings (SSSR count). The molecule has 1 aliphatic rings. The molecule has 2 heterocycles. The second kappa shape index (κ2) is 13.3. The van der Waals surface area contributed by atoms with Gasteiger partial charge in [0.25, 0.3) is 11.8 Å². The van der Waals surface area contributed by atoms with E-state index in [1.807, 2.05) is 37.3 Å². The number of anilines is 1. The van der Waals surface area contributed by atoms with Gasteiger partial charge in [0.15, 0.2) is 5.78 Å². The van der Waals surface area contributed by atoms with E-state index < -0.39 is 29.5 Å². The first-order valence-electron chi connectivity index (χ1n) is 15.0. The maximum absolute atomic E-state index is 15.3. The van der Waals surface area contributed by atoms with E-state index in [1.165, 1.54) is 17.7 Å². The number of amides is 2. The minimum Gasteiger partial charge on any atom is -0.444 e. The highest BCUT2D eigenvalue weighted by atomic mass is 19.1. The summed E-state index contributed by atoms with van der Waals surface area (Å²) in [6, 6.07) is 18.3. The SMILES string of the molecule is C/C=C(\C=C1C(=O)NC(Cc2ccc(-c3noc(-c4ccc(NC(=O)OC(C)(C)C)cc4)n3)c(F)c2)C1=O)c1ccc(CC)cc1. The number of aromatic nitrogens is 2. The van der Waals surface area contributed by atoms with Crippen LogP contribution in [0.15, 0.2) is 89.0 Å². The first-order valence-corrected chi connectivity index (χ1v) is 15.0. The topological polar surface area (TPSA) is 123 Å². The summed E-state index contributed by atoms with van der Waals surface area (Å²) in [7, 11) is 0. The minimum absolute atomic E-state index is 0.0522. The van der Waals surface area contributed by atoms with Crippen molar-refractivity contribution in [3.8, 4) is 22.8 Å². The summed E-state index contributed by atoms with van der Waals surface area (Å²) in [6.45, 7) is 9.26. The Morgan fingerprint density at radius 3 is 2.37 bits per heavy atom. The Balaban J connectivity index is 1.25. The highest BCUT2D eigenvalue weighted by Gasteiger charge is 2.36.